The van der Waals surface area contributed by atoms with E-state index in [-0.39, 0.29) is 30.6 Å². The van der Waals surface area contributed by atoms with E-state index in [2.05, 4.69) is 15.3 Å². The molecule has 0 spiro atoms. The van der Waals surface area contributed by atoms with Crippen molar-refractivity contribution in [2.24, 2.45) is 0 Å². The summed E-state index contributed by atoms with van der Waals surface area (Å²) in [5, 5.41) is 2.59. The number of amides is 1. The molecule has 0 aromatic carbocycles. The molecular formula is C15H15F3N4O3. The van der Waals surface area contributed by atoms with Gasteiger partial charge in [-0.3, -0.25) is 4.79 Å². The lowest BCUT2D eigenvalue weighted by molar-refractivity contribution is -0.141. The Hall–Kier alpha value is -2.62. The van der Waals surface area contributed by atoms with Crippen molar-refractivity contribution in [2.45, 2.75) is 19.3 Å². The standard InChI is InChI=1S/C15H15F3N4O3/c16-15(17,18)11-2-1-3-13(21-11)25-6-4-19-14(23)10-8-22-5-7-24-9-12(22)20-10/h1-3,8H,4-7,9H2,(H,19,23). The van der Waals surface area contributed by atoms with Gasteiger partial charge >= 0.3 is 6.18 Å². The molecule has 0 saturated carbocycles. The van der Waals surface area contributed by atoms with Gasteiger partial charge < -0.3 is 19.4 Å². The summed E-state index contributed by atoms with van der Waals surface area (Å²) in [4.78, 5) is 19.6. The molecule has 2 aromatic heterocycles. The third kappa shape index (κ3) is 4.27. The van der Waals surface area contributed by atoms with Gasteiger partial charge in [0.1, 0.15) is 30.4 Å². The molecule has 25 heavy (non-hydrogen) atoms. The topological polar surface area (TPSA) is 78.3 Å². The summed E-state index contributed by atoms with van der Waals surface area (Å²) in [6, 6.07) is 3.39. The summed E-state index contributed by atoms with van der Waals surface area (Å²) in [6.45, 7) is 1.66. The van der Waals surface area contributed by atoms with Crippen molar-refractivity contribution < 1.29 is 27.4 Å². The van der Waals surface area contributed by atoms with Gasteiger partial charge in [0.2, 0.25) is 5.88 Å². The molecule has 0 unspecified atom stereocenters. The van der Waals surface area contributed by atoms with E-state index in [0.29, 0.717) is 25.6 Å². The number of fused-ring (bicyclic) bond motifs is 1. The maximum Gasteiger partial charge on any atom is 0.433 e. The van der Waals surface area contributed by atoms with Crippen LogP contribution in [0.1, 0.15) is 22.0 Å². The fourth-order valence-electron chi connectivity index (χ4n) is 2.26. The Kier molecular flexibility index (Phi) is 4.88. The summed E-state index contributed by atoms with van der Waals surface area (Å²) in [6.07, 6.45) is -2.89. The summed E-state index contributed by atoms with van der Waals surface area (Å²) in [7, 11) is 0. The second-order valence-electron chi connectivity index (χ2n) is 5.25. The molecule has 10 heteroatoms. The van der Waals surface area contributed by atoms with Crippen molar-refractivity contribution in [3.05, 3.63) is 41.6 Å². The Morgan fingerprint density at radius 3 is 2.96 bits per heavy atom. The van der Waals surface area contributed by atoms with Crippen molar-refractivity contribution in [2.75, 3.05) is 19.8 Å². The van der Waals surface area contributed by atoms with Gasteiger partial charge in [-0.1, -0.05) is 6.07 Å². The Bertz CT molecular complexity index is 737. The molecule has 134 valence electrons. The number of carbonyl (C=O) groups excluding carboxylic acids is 1. The predicted molar refractivity (Wildman–Crippen MR) is 79.0 cm³/mol. The van der Waals surface area contributed by atoms with Crippen LogP contribution in [0.5, 0.6) is 5.88 Å². The number of ether oxygens (including phenoxy) is 2. The predicted octanol–water partition coefficient (Wildman–Crippen LogP) is 1.64. The molecule has 1 aliphatic rings. The lowest BCUT2D eigenvalue weighted by atomic mass is 10.3. The lowest BCUT2D eigenvalue weighted by Gasteiger charge is -2.13. The largest absolute Gasteiger partial charge is 0.476 e. The summed E-state index contributed by atoms with van der Waals surface area (Å²) in [5.74, 6) is 0.141. The van der Waals surface area contributed by atoms with Crippen molar-refractivity contribution in [1.82, 2.24) is 19.9 Å². The number of imidazole rings is 1. The number of hydrogen-bond acceptors (Lipinski definition) is 5. The third-order valence-electron chi connectivity index (χ3n) is 3.45. The van der Waals surface area contributed by atoms with E-state index in [1.807, 2.05) is 4.57 Å². The number of rotatable bonds is 5. The molecule has 0 fully saturated rings. The molecule has 1 aliphatic heterocycles. The Morgan fingerprint density at radius 1 is 1.36 bits per heavy atom. The summed E-state index contributed by atoms with van der Waals surface area (Å²) >= 11 is 0. The molecule has 2 aromatic rings. The van der Waals surface area contributed by atoms with E-state index < -0.39 is 11.9 Å². The summed E-state index contributed by atoms with van der Waals surface area (Å²) in [5.41, 5.74) is -0.766. The van der Waals surface area contributed by atoms with E-state index in [1.54, 1.807) is 6.20 Å². The first-order valence-corrected chi connectivity index (χ1v) is 7.52. The van der Waals surface area contributed by atoms with Crippen LogP contribution >= 0.6 is 0 Å². The Balaban J connectivity index is 1.48. The molecule has 0 atom stereocenters. The second-order valence-corrected chi connectivity index (χ2v) is 5.25. The number of nitrogens with zero attached hydrogens (tertiary/aromatic N) is 3. The van der Waals surface area contributed by atoms with Gasteiger partial charge in [0, 0.05) is 18.8 Å². The van der Waals surface area contributed by atoms with Crippen LogP contribution in [-0.2, 0) is 24.1 Å². The smallest absolute Gasteiger partial charge is 0.433 e. The highest BCUT2D eigenvalue weighted by molar-refractivity contribution is 5.92. The maximum atomic E-state index is 12.6. The van der Waals surface area contributed by atoms with Crippen LogP contribution in [0.2, 0.25) is 0 Å². The number of alkyl halides is 3. The van der Waals surface area contributed by atoms with Gasteiger partial charge in [0.05, 0.1) is 13.2 Å². The van der Waals surface area contributed by atoms with E-state index >= 15 is 0 Å². The minimum atomic E-state index is -4.53. The SMILES string of the molecule is O=C(NCCOc1cccc(C(F)(F)F)n1)c1cn2c(n1)COCC2. The van der Waals surface area contributed by atoms with Crippen LogP contribution in [0.4, 0.5) is 13.2 Å². The number of hydrogen-bond donors (Lipinski definition) is 1. The van der Waals surface area contributed by atoms with Gasteiger partial charge in [-0.05, 0) is 6.07 Å². The molecule has 3 heterocycles. The molecular weight excluding hydrogens is 341 g/mol. The zero-order valence-corrected chi connectivity index (χ0v) is 13.0. The van der Waals surface area contributed by atoms with Crippen LogP contribution in [0, 0.1) is 0 Å². The normalized spacial score (nSPS) is 14.0. The lowest BCUT2D eigenvalue weighted by Crippen LogP contribution is -2.28. The Morgan fingerprint density at radius 2 is 2.20 bits per heavy atom. The van der Waals surface area contributed by atoms with Crippen LogP contribution in [0.25, 0.3) is 0 Å². The van der Waals surface area contributed by atoms with Gasteiger partial charge in [-0.2, -0.15) is 13.2 Å². The van der Waals surface area contributed by atoms with Crippen LogP contribution in [0.3, 0.4) is 0 Å². The van der Waals surface area contributed by atoms with E-state index in [4.69, 9.17) is 9.47 Å². The summed E-state index contributed by atoms with van der Waals surface area (Å²) < 4.78 is 49.9. The molecule has 0 aliphatic carbocycles. The third-order valence-corrected chi connectivity index (χ3v) is 3.45. The van der Waals surface area contributed by atoms with E-state index in [0.717, 1.165) is 6.07 Å². The van der Waals surface area contributed by atoms with E-state index in [1.165, 1.54) is 12.1 Å². The number of pyridine rings is 1. The fraction of sp³-hybridized carbons (Fsp3) is 0.400. The van der Waals surface area contributed by atoms with Crippen molar-refractivity contribution in [1.29, 1.82) is 0 Å². The van der Waals surface area contributed by atoms with Crippen LogP contribution in [0.15, 0.2) is 24.4 Å². The van der Waals surface area contributed by atoms with Crippen LogP contribution < -0.4 is 10.1 Å². The van der Waals surface area contributed by atoms with Gasteiger partial charge in [0.15, 0.2) is 0 Å². The quantitative estimate of drug-likeness (QED) is 0.824. The second kappa shape index (κ2) is 7.09. The number of nitrogens with one attached hydrogen (secondary N) is 1. The van der Waals surface area contributed by atoms with Gasteiger partial charge in [-0.15, -0.1) is 0 Å². The average molecular weight is 356 g/mol. The highest BCUT2D eigenvalue weighted by atomic mass is 19.4. The molecule has 3 rings (SSSR count). The molecule has 7 nitrogen and oxygen atoms in total. The zero-order chi connectivity index (χ0) is 17.9. The minimum Gasteiger partial charge on any atom is -0.476 e. The van der Waals surface area contributed by atoms with Crippen molar-refractivity contribution >= 4 is 5.91 Å². The highest BCUT2D eigenvalue weighted by Gasteiger charge is 2.32. The first-order valence-electron chi connectivity index (χ1n) is 7.52. The molecule has 0 bridgehead atoms. The maximum absolute atomic E-state index is 12.6. The number of aromatic nitrogens is 3. The highest BCUT2D eigenvalue weighted by Crippen LogP contribution is 2.28. The minimum absolute atomic E-state index is 0.0171. The van der Waals surface area contributed by atoms with E-state index in [9.17, 15) is 18.0 Å². The van der Waals surface area contributed by atoms with Crippen molar-refractivity contribution in [3.8, 4) is 5.88 Å². The van der Waals surface area contributed by atoms with Crippen molar-refractivity contribution in [3.63, 3.8) is 0 Å². The fourth-order valence-corrected chi connectivity index (χ4v) is 2.26. The number of carbonyl (C=O) groups is 1. The molecule has 0 saturated heterocycles. The van der Waals surface area contributed by atoms with Crippen LogP contribution in [-0.4, -0.2) is 40.2 Å². The zero-order valence-electron chi connectivity index (χ0n) is 13.0. The van der Waals surface area contributed by atoms with Gasteiger partial charge in [0.25, 0.3) is 5.91 Å². The average Bonchev–Trinajstić information content (AvgIpc) is 3.02. The number of halogens is 3. The monoisotopic (exact) mass is 356 g/mol. The first-order chi connectivity index (χ1) is 11.9. The molecule has 1 N–H and O–H groups in total. The molecule has 1 amide bonds. The molecule has 0 radical (unpaired) electrons. The Labute approximate surface area is 140 Å². The van der Waals surface area contributed by atoms with Gasteiger partial charge in [-0.25, -0.2) is 9.97 Å². The first kappa shape index (κ1) is 17.2.